The number of Topliss-reactive ketones (excluding diaryl/α,β-unsaturated/α-hetero) is 1. The van der Waals surface area contributed by atoms with Crippen molar-refractivity contribution in [3.63, 3.8) is 0 Å². The monoisotopic (exact) mass is 983 g/mol. The second-order valence-corrected chi connectivity index (χ2v) is 21.7. The molecule has 6 N–H and O–H groups in total. The molecule has 5 heterocycles. The highest BCUT2D eigenvalue weighted by molar-refractivity contribution is 5.96. The first-order valence-corrected chi connectivity index (χ1v) is 25.4. The first kappa shape index (κ1) is 52.1. The van der Waals surface area contributed by atoms with Gasteiger partial charge in [-0.3, -0.25) is 24.0 Å². The number of aliphatic hydroxyl groups is 2. The van der Waals surface area contributed by atoms with E-state index in [0.29, 0.717) is 75.5 Å². The first-order valence-electron chi connectivity index (χ1n) is 25.4. The number of carboxylic acid groups (broad SMARTS) is 2. The van der Waals surface area contributed by atoms with Crippen LogP contribution in [0.25, 0.3) is 44.4 Å². The molecule has 14 nitrogen and oxygen atoms in total. The maximum Gasteiger partial charge on any atom is 0.303 e. The zero-order valence-corrected chi connectivity index (χ0v) is 43.6. The highest BCUT2D eigenvalue weighted by Crippen LogP contribution is 2.68. The summed E-state index contributed by atoms with van der Waals surface area (Å²) in [5.41, 5.74) is 12.9. The Balaban J connectivity index is 0.000000212. The SMILES string of the molecule is CC(=O)O[C@]1(C(C)=O)CC[C@H]2[C@@H]3C=C(C)C4=CC(=O)CC[C@]4(C)[C@H]3CC[C@@]21C.CC1=C(CCC(=O)O)c2cc3[nH]c(cc4nc(cc5[nH]c(cc1n2)c(C(C)O)c5C)C(C(C)O)=C4C)c(C)c3CCC(=O)O. The van der Waals surface area contributed by atoms with E-state index >= 15 is 0 Å². The number of H-pyrrole nitrogens is 2. The minimum atomic E-state index is -0.990. The molecule has 14 heteroatoms. The molecule has 9 rings (SSSR count). The van der Waals surface area contributed by atoms with Crippen molar-refractivity contribution in [1.82, 2.24) is 19.9 Å². The van der Waals surface area contributed by atoms with E-state index < -0.39 is 29.7 Å². The largest absolute Gasteiger partial charge is 0.481 e. The number of aromatic amines is 2. The lowest BCUT2D eigenvalue weighted by atomic mass is 9.47. The van der Waals surface area contributed by atoms with Gasteiger partial charge in [-0.05, 0) is 193 Å². The summed E-state index contributed by atoms with van der Waals surface area (Å²) >= 11 is 0. The summed E-state index contributed by atoms with van der Waals surface area (Å²) in [6.07, 6.45) is 8.04. The number of carbonyl (C=O) groups excluding carboxylic acids is 3. The van der Waals surface area contributed by atoms with E-state index in [9.17, 15) is 44.4 Å². The maximum atomic E-state index is 12.8. The molecule has 2 saturated carbocycles. The van der Waals surface area contributed by atoms with Gasteiger partial charge in [0.2, 0.25) is 0 Å². The quantitative estimate of drug-likeness (QED) is 0.104. The van der Waals surface area contributed by atoms with E-state index in [2.05, 4.69) is 36.8 Å². The molecule has 0 amide bonds. The zero-order valence-electron chi connectivity index (χ0n) is 43.6. The van der Waals surface area contributed by atoms with Crippen molar-refractivity contribution in [3.05, 3.63) is 92.6 Å². The van der Waals surface area contributed by atoms with Gasteiger partial charge in [-0.25, -0.2) is 9.97 Å². The number of aliphatic carboxylic acids is 2. The number of rotatable bonds is 10. The van der Waals surface area contributed by atoms with Crippen LogP contribution in [0.15, 0.2) is 47.6 Å². The summed E-state index contributed by atoms with van der Waals surface area (Å²) < 4.78 is 5.82. The van der Waals surface area contributed by atoms with Crippen molar-refractivity contribution in [2.45, 2.75) is 158 Å². The van der Waals surface area contributed by atoms with Gasteiger partial charge >= 0.3 is 17.9 Å². The first-order chi connectivity index (χ1) is 33.8. The van der Waals surface area contributed by atoms with E-state index in [-0.39, 0.29) is 54.0 Å². The number of aliphatic hydroxyl groups excluding tert-OH is 2. The minimum Gasteiger partial charge on any atom is -0.481 e. The van der Waals surface area contributed by atoms with Crippen LogP contribution in [0.4, 0.5) is 0 Å². The number of fused-ring (bicyclic) bond motifs is 13. The smallest absolute Gasteiger partial charge is 0.303 e. The van der Waals surface area contributed by atoms with E-state index in [1.807, 2.05) is 58.0 Å². The molecule has 6 aliphatic rings. The van der Waals surface area contributed by atoms with Gasteiger partial charge < -0.3 is 35.1 Å². The summed E-state index contributed by atoms with van der Waals surface area (Å²) in [4.78, 5) is 76.6. The fraction of sp³-hybridized carbons (Fsp3) is 0.500. The summed E-state index contributed by atoms with van der Waals surface area (Å²) in [6.45, 7) is 20.7. The average molecular weight is 983 g/mol. The molecule has 4 aliphatic carbocycles. The number of ether oxygens (including phenoxy) is 1. The maximum absolute atomic E-state index is 12.8. The van der Waals surface area contributed by atoms with Gasteiger partial charge in [0, 0.05) is 64.8 Å². The second kappa shape index (κ2) is 19.3. The molecule has 2 fully saturated rings. The van der Waals surface area contributed by atoms with Crippen LogP contribution in [0.1, 0.15) is 171 Å². The van der Waals surface area contributed by atoms with Crippen LogP contribution in [0.5, 0.6) is 0 Å². The van der Waals surface area contributed by atoms with Gasteiger partial charge in [-0.2, -0.15) is 0 Å². The number of carboxylic acids is 2. The van der Waals surface area contributed by atoms with Gasteiger partial charge in [-0.1, -0.05) is 25.5 Å². The summed E-state index contributed by atoms with van der Waals surface area (Å²) in [5, 5.41) is 40.5. The topological polar surface area (TPSA) is 233 Å². The van der Waals surface area contributed by atoms with Crippen LogP contribution in [-0.2, 0) is 35.1 Å². The van der Waals surface area contributed by atoms with Gasteiger partial charge in [0.1, 0.15) is 0 Å². The molecule has 3 aromatic rings. The van der Waals surface area contributed by atoms with Crippen LogP contribution >= 0.6 is 0 Å². The number of carbonyl (C=O) groups is 5. The highest BCUT2D eigenvalue weighted by Gasteiger charge is 2.67. The fourth-order valence-corrected chi connectivity index (χ4v) is 13.8. The molecule has 8 atom stereocenters. The number of ketones is 2. The number of aromatic nitrogens is 4. The van der Waals surface area contributed by atoms with Crippen LogP contribution in [0, 0.1) is 42.4 Å². The van der Waals surface area contributed by atoms with Crippen molar-refractivity contribution < 1.29 is 49.1 Å². The third kappa shape index (κ3) is 8.92. The number of esters is 1. The standard InChI is InChI=1S/C34H38N4O6.C24H32O4/c1-15-21(7-9-31(41)42)27-14-28-22(8-10-32(43)44)16(2)24(36-28)12-29-34(20(6)40)18(4)26(38-29)13-30-33(19(5)39)17(3)25(37-30)11-23(15)35-27;1-14-12-18-19(22(4)9-6-17(27)13-21(14)22)7-10-23(5)20(18)8-11-24(23,15(2)25)28-16(3)26/h11-14,19-20,35,38-40H,7-10H2,1-6H3,(H,41,42)(H,43,44);12-13,18-20H,6-11H2,1-5H3/t;18-,19+,20+,22-,23+,24+/m.1/s1. The lowest BCUT2D eigenvalue weighted by Gasteiger charge is -2.58. The molecule has 3 aromatic heterocycles. The van der Waals surface area contributed by atoms with Crippen LogP contribution in [-0.4, -0.2) is 81.5 Å². The molecule has 72 heavy (non-hydrogen) atoms. The summed E-state index contributed by atoms with van der Waals surface area (Å²) in [6, 6.07) is 7.51. The number of allylic oxidation sites excluding steroid dienone is 7. The van der Waals surface area contributed by atoms with E-state index in [1.165, 1.54) is 18.1 Å². The Labute approximate surface area is 420 Å². The highest BCUT2D eigenvalue weighted by atomic mass is 16.6. The predicted molar refractivity (Wildman–Crippen MR) is 277 cm³/mol. The van der Waals surface area contributed by atoms with Crippen molar-refractivity contribution >= 4 is 73.8 Å². The third-order valence-electron chi connectivity index (χ3n) is 17.5. The Morgan fingerprint density at radius 1 is 0.736 bits per heavy atom. The predicted octanol–water partition coefficient (Wildman–Crippen LogP) is 10.7. The van der Waals surface area contributed by atoms with Gasteiger partial charge in [0.15, 0.2) is 17.2 Å². The lowest BCUT2D eigenvalue weighted by Crippen LogP contribution is -2.58. The van der Waals surface area contributed by atoms with Crippen LogP contribution < -0.4 is 0 Å². The molecule has 382 valence electrons. The number of aryl methyl sites for hydroxylation is 3. The fourth-order valence-electron chi connectivity index (χ4n) is 13.8. The van der Waals surface area contributed by atoms with E-state index in [1.54, 1.807) is 20.8 Å². The second-order valence-electron chi connectivity index (χ2n) is 21.7. The van der Waals surface area contributed by atoms with Crippen molar-refractivity contribution in [2.24, 2.45) is 28.6 Å². The molecular formula is C58H70N4O10. The van der Waals surface area contributed by atoms with Crippen LogP contribution in [0.3, 0.4) is 0 Å². The normalized spacial score (nSPS) is 26.3. The Morgan fingerprint density at radius 2 is 1.32 bits per heavy atom. The summed E-state index contributed by atoms with van der Waals surface area (Å²) in [5.74, 6) is -0.799. The molecule has 0 saturated heterocycles. The minimum absolute atomic E-state index is 0.0160. The lowest BCUT2D eigenvalue weighted by molar-refractivity contribution is -0.185. The third-order valence-corrected chi connectivity index (χ3v) is 17.5. The van der Waals surface area contributed by atoms with Crippen molar-refractivity contribution in [3.8, 4) is 0 Å². The van der Waals surface area contributed by atoms with E-state index in [4.69, 9.17) is 14.7 Å². The number of hydrogen-bond donors (Lipinski definition) is 6. The van der Waals surface area contributed by atoms with Crippen LogP contribution in [0.2, 0.25) is 0 Å². The molecule has 0 spiro atoms. The van der Waals surface area contributed by atoms with E-state index in [0.717, 1.165) is 70.1 Å². The molecular weight excluding hydrogens is 913 g/mol. The van der Waals surface area contributed by atoms with Crippen molar-refractivity contribution in [2.75, 3.05) is 0 Å². The van der Waals surface area contributed by atoms with Gasteiger partial charge in [0.25, 0.3) is 0 Å². The zero-order chi connectivity index (χ0) is 52.5. The number of nitrogens with one attached hydrogen (secondary N) is 2. The molecule has 8 bridgehead atoms. The number of nitrogens with zero attached hydrogens (tertiary/aromatic N) is 2. The Bertz CT molecular complexity index is 3120. The Morgan fingerprint density at radius 3 is 1.96 bits per heavy atom. The molecule has 2 unspecified atom stereocenters. The molecule has 0 radical (unpaired) electrons. The Kier molecular flexibility index (Phi) is 14.0. The van der Waals surface area contributed by atoms with Crippen molar-refractivity contribution in [1.29, 1.82) is 0 Å². The average Bonchev–Trinajstić information content (AvgIpc) is 4.03. The number of hydrogen-bond acceptors (Lipinski definition) is 10. The Hall–Kier alpha value is -6.25. The van der Waals surface area contributed by atoms with Gasteiger partial charge in [0.05, 0.1) is 35.0 Å². The van der Waals surface area contributed by atoms with Gasteiger partial charge in [-0.15, -0.1) is 0 Å². The summed E-state index contributed by atoms with van der Waals surface area (Å²) in [7, 11) is 0. The molecule has 2 aliphatic heterocycles. The molecule has 0 aromatic carbocycles.